The molecule has 1 aromatic rings. The highest BCUT2D eigenvalue weighted by Crippen LogP contribution is 2.05. The van der Waals surface area contributed by atoms with Crippen molar-refractivity contribution in [3.05, 3.63) is 24.7 Å². The first-order valence-electron chi connectivity index (χ1n) is 3.09. The third-order valence-electron chi connectivity index (χ3n) is 1.06. The Labute approximate surface area is 60.4 Å². The molecule has 3 heteroatoms. The van der Waals surface area contributed by atoms with Crippen molar-refractivity contribution in [1.82, 2.24) is 9.78 Å². The fourth-order valence-corrected chi connectivity index (χ4v) is 0.732. The van der Waals surface area contributed by atoms with Crippen molar-refractivity contribution in [2.45, 2.75) is 6.92 Å². The van der Waals surface area contributed by atoms with Crippen molar-refractivity contribution < 1.29 is 0 Å². The summed E-state index contributed by atoms with van der Waals surface area (Å²) in [4.78, 5) is 0. The third-order valence-corrected chi connectivity index (χ3v) is 1.06. The quantitative estimate of drug-likeness (QED) is 0.667. The molecule has 1 N–H and O–H groups in total. The lowest BCUT2D eigenvalue weighted by atomic mass is 10.5. The number of aromatic nitrogens is 2. The van der Waals surface area contributed by atoms with Gasteiger partial charge in [0.05, 0.1) is 11.9 Å². The number of nitrogens with zero attached hydrogens (tertiary/aromatic N) is 2. The Kier molecular flexibility index (Phi) is 1.76. The first kappa shape index (κ1) is 6.86. The van der Waals surface area contributed by atoms with Crippen LogP contribution in [0.1, 0.15) is 6.92 Å². The van der Waals surface area contributed by atoms with E-state index in [4.69, 9.17) is 0 Å². The lowest BCUT2D eigenvalue weighted by Crippen LogP contribution is -1.91. The molecular weight excluding hydrogens is 126 g/mol. The number of rotatable bonds is 2. The van der Waals surface area contributed by atoms with E-state index in [0.29, 0.717) is 0 Å². The number of anilines is 1. The molecule has 0 radical (unpaired) electrons. The molecule has 0 fully saturated rings. The smallest absolute Gasteiger partial charge is 0.0767 e. The lowest BCUT2D eigenvalue weighted by Gasteiger charge is -1.97. The molecule has 1 rings (SSSR count). The molecule has 0 saturated carbocycles. The molecule has 0 spiro atoms. The number of hydrogen-bond acceptors (Lipinski definition) is 2. The minimum absolute atomic E-state index is 0.924. The van der Waals surface area contributed by atoms with Crippen LogP contribution in [0.15, 0.2) is 24.7 Å². The molecule has 0 unspecified atom stereocenters. The Morgan fingerprint density at radius 2 is 2.50 bits per heavy atom. The van der Waals surface area contributed by atoms with Crippen LogP contribution in [0.3, 0.4) is 0 Å². The Morgan fingerprint density at radius 3 is 2.90 bits per heavy atom. The van der Waals surface area contributed by atoms with Gasteiger partial charge in [-0.05, 0) is 6.92 Å². The van der Waals surface area contributed by atoms with Gasteiger partial charge in [-0.1, -0.05) is 6.58 Å². The van der Waals surface area contributed by atoms with Gasteiger partial charge in [0, 0.05) is 18.9 Å². The summed E-state index contributed by atoms with van der Waals surface area (Å²) >= 11 is 0. The summed E-state index contributed by atoms with van der Waals surface area (Å²) in [5, 5.41) is 7.03. The summed E-state index contributed by atoms with van der Waals surface area (Å²) < 4.78 is 1.74. The van der Waals surface area contributed by atoms with Crippen LogP contribution in [0.25, 0.3) is 0 Å². The highest BCUT2D eigenvalue weighted by atomic mass is 15.3. The van der Waals surface area contributed by atoms with E-state index in [1.54, 1.807) is 10.9 Å². The van der Waals surface area contributed by atoms with E-state index in [-0.39, 0.29) is 0 Å². The Balaban J connectivity index is 2.67. The first-order chi connectivity index (χ1) is 4.68. The zero-order chi connectivity index (χ0) is 7.56. The van der Waals surface area contributed by atoms with Gasteiger partial charge in [-0.25, -0.2) is 0 Å². The Bertz CT molecular complexity index is 237. The van der Waals surface area contributed by atoms with Crippen molar-refractivity contribution in [3.8, 4) is 0 Å². The van der Waals surface area contributed by atoms with E-state index in [1.807, 2.05) is 20.2 Å². The minimum atomic E-state index is 0.924. The third kappa shape index (κ3) is 1.62. The normalized spacial score (nSPS) is 9.40. The molecular formula is C7H11N3. The van der Waals surface area contributed by atoms with E-state index in [2.05, 4.69) is 17.0 Å². The monoisotopic (exact) mass is 137 g/mol. The maximum Gasteiger partial charge on any atom is 0.0767 e. The predicted octanol–water partition coefficient (Wildman–Crippen LogP) is 1.37. The van der Waals surface area contributed by atoms with Crippen LogP contribution in [-0.2, 0) is 7.05 Å². The average Bonchev–Trinajstić information content (AvgIpc) is 2.13. The average molecular weight is 137 g/mol. The van der Waals surface area contributed by atoms with Gasteiger partial charge < -0.3 is 5.32 Å². The maximum absolute atomic E-state index is 3.98. The second kappa shape index (κ2) is 2.56. The highest BCUT2D eigenvalue weighted by molar-refractivity contribution is 5.43. The maximum atomic E-state index is 3.98. The summed E-state index contributed by atoms with van der Waals surface area (Å²) in [6, 6.07) is 0. The van der Waals surface area contributed by atoms with Crippen molar-refractivity contribution in [3.63, 3.8) is 0 Å². The zero-order valence-electron chi connectivity index (χ0n) is 6.26. The van der Waals surface area contributed by atoms with Gasteiger partial charge in [0.25, 0.3) is 0 Å². The molecule has 1 heterocycles. The SMILES string of the molecule is C=C(C)Nc1cnn(C)c1. The van der Waals surface area contributed by atoms with Crippen molar-refractivity contribution in [2.24, 2.45) is 7.05 Å². The molecule has 0 bridgehead atoms. The first-order valence-corrected chi connectivity index (χ1v) is 3.09. The van der Waals surface area contributed by atoms with Crippen LogP contribution in [0.4, 0.5) is 5.69 Å². The lowest BCUT2D eigenvalue weighted by molar-refractivity contribution is 0.768. The van der Waals surface area contributed by atoms with E-state index < -0.39 is 0 Å². The molecule has 0 aromatic carbocycles. The second-order valence-electron chi connectivity index (χ2n) is 2.31. The van der Waals surface area contributed by atoms with Crippen molar-refractivity contribution in [2.75, 3.05) is 5.32 Å². The zero-order valence-corrected chi connectivity index (χ0v) is 6.26. The van der Waals surface area contributed by atoms with Gasteiger partial charge in [0.15, 0.2) is 0 Å². The van der Waals surface area contributed by atoms with E-state index in [1.165, 1.54) is 0 Å². The fraction of sp³-hybridized carbons (Fsp3) is 0.286. The summed E-state index contributed by atoms with van der Waals surface area (Å²) in [7, 11) is 1.88. The summed E-state index contributed by atoms with van der Waals surface area (Å²) in [5.41, 5.74) is 1.91. The van der Waals surface area contributed by atoms with Crippen LogP contribution >= 0.6 is 0 Å². The van der Waals surface area contributed by atoms with Gasteiger partial charge >= 0.3 is 0 Å². The number of aryl methyl sites for hydroxylation is 1. The standard InChI is InChI=1S/C7H11N3/c1-6(2)9-7-4-8-10(3)5-7/h4-5,9H,1H2,2-3H3. The van der Waals surface area contributed by atoms with Gasteiger partial charge in [0.1, 0.15) is 0 Å². The van der Waals surface area contributed by atoms with Crippen LogP contribution in [-0.4, -0.2) is 9.78 Å². The van der Waals surface area contributed by atoms with Gasteiger partial charge in [-0.15, -0.1) is 0 Å². The molecule has 0 aliphatic heterocycles. The van der Waals surface area contributed by atoms with Crippen molar-refractivity contribution in [1.29, 1.82) is 0 Å². The van der Waals surface area contributed by atoms with Crippen LogP contribution in [0.2, 0.25) is 0 Å². The second-order valence-corrected chi connectivity index (χ2v) is 2.31. The molecule has 0 atom stereocenters. The molecule has 10 heavy (non-hydrogen) atoms. The van der Waals surface area contributed by atoms with E-state index >= 15 is 0 Å². The van der Waals surface area contributed by atoms with Crippen LogP contribution < -0.4 is 5.32 Å². The molecule has 54 valence electrons. The number of nitrogens with one attached hydrogen (secondary N) is 1. The minimum Gasteiger partial charge on any atom is -0.357 e. The molecule has 0 saturated heterocycles. The van der Waals surface area contributed by atoms with E-state index in [0.717, 1.165) is 11.4 Å². The molecule has 1 aromatic heterocycles. The number of allylic oxidation sites excluding steroid dienone is 1. The predicted molar refractivity (Wildman–Crippen MR) is 41.6 cm³/mol. The fourth-order valence-electron chi connectivity index (χ4n) is 0.732. The van der Waals surface area contributed by atoms with Gasteiger partial charge in [0.2, 0.25) is 0 Å². The summed E-state index contributed by atoms with van der Waals surface area (Å²) in [6.07, 6.45) is 3.66. The Hall–Kier alpha value is -1.25. The van der Waals surface area contributed by atoms with E-state index in [9.17, 15) is 0 Å². The van der Waals surface area contributed by atoms with Crippen LogP contribution in [0.5, 0.6) is 0 Å². The summed E-state index contributed by atoms with van der Waals surface area (Å²) in [5.74, 6) is 0. The van der Waals surface area contributed by atoms with Gasteiger partial charge in [-0.2, -0.15) is 5.10 Å². The molecule has 0 aliphatic carbocycles. The van der Waals surface area contributed by atoms with Crippen molar-refractivity contribution >= 4 is 5.69 Å². The largest absolute Gasteiger partial charge is 0.357 e. The van der Waals surface area contributed by atoms with Gasteiger partial charge in [-0.3, -0.25) is 4.68 Å². The molecule has 3 nitrogen and oxygen atoms in total. The Morgan fingerprint density at radius 1 is 1.80 bits per heavy atom. The number of hydrogen-bond donors (Lipinski definition) is 1. The topological polar surface area (TPSA) is 29.9 Å². The molecule has 0 amide bonds. The summed E-state index contributed by atoms with van der Waals surface area (Å²) in [6.45, 7) is 5.62. The molecule has 0 aliphatic rings. The van der Waals surface area contributed by atoms with Crippen LogP contribution in [0, 0.1) is 0 Å². The highest BCUT2D eigenvalue weighted by Gasteiger charge is 1.91.